The van der Waals surface area contributed by atoms with Gasteiger partial charge in [-0.2, -0.15) is 0 Å². The minimum atomic E-state index is 0.845. The van der Waals surface area contributed by atoms with E-state index in [1.54, 1.807) is 19.3 Å². The lowest BCUT2D eigenvalue weighted by atomic mass is 9.40. The number of hydrogen-bond donors (Lipinski definition) is 0. The van der Waals surface area contributed by atoms with E-state index >= 15 is 0 Å². The van der Waals surface area contributed by atoms with Crippen molar-refractivity contribution in [2.45, 2.75) is 45.6 Å². The summed E-state index contributed by atoms with van der Waals surface area (Å²) in [5.41, 5.74) is 0.850. The van der Waals surface area contributed by atoms with Crippen LogP contribution in [0.5, 0.6) is 0 Å². The maximum atomic E-state index is 2.62. The Labute approximate surface area is 87.9 Å². The Balaban J connectivity index is 1.68. The summed E-state index contributed by atoms with van der Waals surface area (Å²) in [6, 6.07) is 0.869. The molecule has 4 fully saturated rings. The molecule has 0 amide bonds. The standard InChI is InChI=1S/C13H23N/c1-9(2)12-4-11(8-14(12)3)13-5-10(6-13)7-13/h9-12H,4-8H2,1-3H3/t10?,11-,12+,13?/m0/s1. The van der Waals surface area contributed by atoms with Crippen molar-refractivity contribution in [3.05, 3.63) is 0 Å². The number of hydrogen-bond acceptors (Lipinski definition) is 1. The van der Waals surface area contributed by atoms with Gasteiger partial charge < -0.3 is 4.90 Å². The highest BCUT2D eigenvalue weighted by Crippen LogP contribution is 2.69. The monoisotopic (exact) mass is 193 g/mol. The van der Waals surface area contributed by atoms with E-state index in [1.807, 2.05) is 0 Å². The van der Waals surface area contributed by atoms with Gasteiger partial charge in [0.1, 0.15) is 0 Å². The van der Waals surface area contributed by atoms with Gasteiger partial charge in [-0.05, 0) is 55.9 Å². The smallest absolute Gasteiger partial charge is 0.0119 e. The Kier molecular flexibility index (Phi) is 1.81. The first-order valence-corrected chi connectivity index (χ1v) is 6.31. The first-order valence-electron chi connectivity index (χ1n) is 6.31. The van der Waals surface area contributed by atoms with Gasteiger partial charge in [0, 0.05) is 12.6 Å². The minimum Gasteiger partial charge on any atom is -0.303 e. The molecular formula is C13H23N. The summed E-state index contributed by atoms with van der Waals surface area (Å²) in [5.74, 6) is 3.04. The third-order valence-corrected chi connectivity index (χ3v) is 5.32. The average Bonchev–Trinajstić information content (AvgIpc) is 2.24. The Bertz CT molecular complexity index is 229. The maximum Gasteiger partial charge on any atom is 0.0119 e. The second kappa shape index (κ2) is 2.75. The summed E-state index contributed by atoms with van der Waals surface area (Å²) in [6.45, 7) is 6.15. The molecule has 4 aliphatic rings. The van der Waals surface area contributed by atoms with Crippen molar-refractivity contribution in [1.82, 2.24) is 4.90 Å². The van der Waals surface area contributed by atoms with Crippen LogP contribution in [0.4, 0.5) is 0 Å². The summed E-state index contributed by atoms with van der Waals surface area (Å²) < 4.78 is 0. The van der Waals surface area contributed by atoms with Crippen LogP contribution < -0.4 is 0 Å². The molecule has 1 nitrogen and oxygen atoms in total. The molecule has 1 heteroatoms. The molecule has 4 rings (SSSR count). The van der Waals surface area contributed by atoms with Crippen LogP contribution in [0.15, 0.2) is 0 Å². The fraction of sp³-hybridized carbons (Fsp3) is 1.00. The maximum absolute atomic E-state index is 2.62. The first kappa shape index (κ1) is 9.21. The average molecular weight is 193 g/mol. The molecule has 1 saturated heterocycles. The molecule has 3 saturated carbocycles. The summed E-state index contributed by atoms with van der Waals surface area (Å²) in [4.78, 5) is 2.62. The Morgan fingerprint density at radius 3 is 2.21 bits per heavy atom. The third kappa shape index (κ3) is 1.05. The van der Waals surface area contributed by atoms with Gasteiger partial charge in [-0.1, -0.05) is 13.8 Å². The van der Waals surface area contributed by atoms with E-state index in [0.717, 1.165) is 29.2 Å². The number of nitrogens with zero attached hydrogens (tertiary/aromatic N) is 1. The molecule has 0 aromatic heterocycles. The second-order valence-electron chi connectivity index (χ2n) is 6.52. The summed E-state index contributed by atoms with van der Waals surface area (Å²) in [5, 5.41) is 0. The van der Waals surface area contributed by atoms with Gasteiger partial charge >= 0.3 is 0 Å². The van der Waals surface area contributed by atoms with E-state index in [0.29, 0.717) is 0 Å². The van der Waals surface area contributed by atoms with Gasteiger partial charge in [0.25, 0.3) is 0 Å². The van der Waals surface area contributed by atoms with Crippen LogP contribution in [-0.4, -0.2) is 24.5 Å². The highest BCUT2D eigenvalue weighted by atomic mass is 15.2. The van der Waals surface area contributed by atoms with Crippen molar-refractivity contribution in [2.24, 2.45) is 23.2 Å². The van der Waals surface area contributed by atoms with Crippen LogP contribution in [0.3, 0.4) is 0 Å². The summed E-state index contributed by atoms with van der Waals surface area (Å²) in [6.07, 6.45) is 6.23. The van der Waals surface area contributed by atoms with E-state index in [-0.39, 0.29) is 0 Å². The summed E-state index contributed by atoms with van der Waals surface area (Å²) in [7, 11) is 2.33. The normalized spacial score (nSPS) is 51.9. The van der Waals surface area contributed by atoms with Crippen molar-refractivity contribution < 1.29 is 0 Å². The third-order valence-electron chi connectivity index (χ3n) is 5.32. The van der Waals surface area contributed by atoms with Crippen molar-refractivity contribution in [3.63, 3.8) is 0 Å². The highest BCUT2D eigenvalue weighted by Gasteiger charge is 2.61. The van der Waals surface area contributed by atoms with Crippen LogP contribution in [0.25, 0.3) is 0 Å². The van der Waals surface area contributed by atoms with Crippen molar-refractivity contribution in [2.75, 3.05) is 13.6 Å². The van der Waals surface area contributed by atoms with Crippen LogP contribution >= 0.6 is 0 Å². The molecule has 0 aromatic carbocycles. The van der Waals surface area contributed by atoms with Crippen LogP contribution in [0.2, 0.25) is 0 Å². The first-order chi connectivity index (χ1) is 6.61. The topological polar surface area (TPSA) is 3.24 Å². The van der Waals surface area contributed by atoms with Crippen molar-refractivity contribution in [1.29, 1.82) is 0 Å². The fourth-order valence-electron chi connectivity index (χ4n) is 4.30. The van der Waals surface area contributed by atoms with E-state index < -0.39 is 0 Å². The van der Waals surface area contributed by atoms with E-state index in [9.17, 15) is 0 Å². The Morgan fingerprint density at radius 1 is 1.21 bits per heavy atom. The lowest BCUT2D eigenvalue weighted by Gasteiger charge is -2.65. The van der Waals surface area contributed by atoms with Crippen LogP contribution in [0, 0.1) is 23.2 Å². The largest absolute Gasteiger partial charge is 0.303 e. The molecule has 0 aromatic rings. The van der Waals surface area contributed by atoms with Gasteiger partial charge in [-0.25, -0.2) is 0 Å². The lowest BCUT2D eigenvalue weighted by molar-refractivity contribution is -0.147. The Hall–Kier alpha value is -0.0400. The van der Waals surface area contributed by atoms with E-state index in [2.05, 4.69) is 25.8 Å². The molecule has 3 aliphatic carbocycles. The molecule has 0 N–H and O–H groups in total. The van der Waals surface area contributed by atoms with Crippen molar-refractivity contribution in [3.8, 4) is 0 Å². The van der Waals surface area contributed by atoms with E-state index in [4.69, 9.17) is 0 Å². The second-order valence-corrected chi connectivity index (χ2v) is 6.52. The molecule has 0 unspecified atom stereocenters. The zero-order chi connectivity index (χ0) is 9.92. The molecule has 1 aliphatic heterocycles. The molecule has 0 radical (unpaired) electrons. The molecular weight excluding hydrogens is 170 g/mol. The van der Waals surface area contributed by atoms with Gasteiger partial charge in [0.2, 0.25) is 0 Å². The molecule has 1 heterocycles. The van der Waals surface area contributed by atoms with E-state index in [1.165, 1.54) is 13.0 Å². The minimum absolute atomic E-state index is 0.845. The van der Waals surface area contributed by atoms with Gasteiger partial charge in [0.05, 0.1) is 0 Å². The quantitative estimate of drug-likeness (QED) is 0.652. The molecule has 14 heavy (non-hydrogen) atoms. The number of rotatable bonds is 2. The zero-order valence-corrected chi connectivity index (χ0v) is 9.79. The van der Waals surface area contributed by atoms with Crippen LogP contribution in [-0.2, 0) is 0 Å². The Morgan fingerprint density at radius 2 is 1.86 bits per heavy atom. The predicted octanol–water partition coefficient (Wildman–Crippen LogP) is 2.76. The van der Waals surface area contributed by atoms with Crippen molar-refractivity contribution >= 4 is 0 Å². The van der Waals surface area contributed by atoms with Crippen LogP contribution in [0.1, 0.15) is 39.5 Å². The van der Waals surface area contributed by atoms with Gasteiger partial charge in [-0.15, -0.1) is 0 Å². The zero-order valence-electron chi connectivity index (χ0n) is 9.79. The number of likely N-dealkylation sites (tertiary alicyclic amines) is 1. The lowest BCUT2D eigenvalue weighted by Crippen LogP contribution is -2.56. The fourth-order valence-corrected chi connectivity index (χ4v) is 4.30. The molecule has 2 atom stereocenters. The van der Waals surface area contributed by atoms with Gasteiger partial charge in [-0.3, -0.25) is 0 Å². The molecule has 0 spiro atoms. The predicted molar refractivity (Wildman–Crippen MR) is 59.1 cm³/mol. The van der Waals surface area contributed by atoms with Gasteiger partial charge in [0.15, 0.2) is 0 Å². The highest BCUT2D eigenvalue weighted by molar-refractivity contribution is 5.12. The summed E-state index contributed by atoms with van der Waals surface area (Å²) >= 11 is 0. The SMILES string of the molecule is CC(C)[C@H]1C[C@H](C23CC(C2)C3)CN1C. The molecule has 80 valence electrons. The molecule has 2 bridgehead atoms.